The van der Waals surface area contributed by atoms with Gasteiger partial charge in [0, 0.05) is 12.7 Å². The van der Waals surface area contributed by atoms with Crippen molar-refractivity contribution in [3.8, 4) is 0 Å². The fraction of sp³-hybridized carbons (Fsp3) is 0.500. The normalized spacial score (nSPS) is 24.5. The zero-order chi connectivity index (χ0) is 15.0. The summed E-state index contributed by atoms with van der Waals surface area (Å²) in [6.07, 6.45) is 2.50. The second kappa shape index (κ2) is 5.10. The van der Waals surface area contributed by atoms with Gasteiger partial charge in [0.05, 0.1) is 0 Å². The number of nitrogens with zero attached hydrogens (tertiary/aromatic N) is 2. The van der Waals surface area contributed by atoms with Gasteiger partial charge in [0.25, 0.3) is 10.0 Å². The van der Waals surface area contributed by atoms with Gasteiger partial charge in [-0.3, -0.25) is 4.79 Å². The summed E-state index contributed by atoms with van der Waals surface area (Å²) in [7, 11) is -4.28. The van der Waals surface area contributed by atoms with E-state index in [1.807, 2.05) is 0 Å². The van der Waals surface area contributed by atoms with Gasteiger partial charge in [0.15, 0.2) is 5.82 Å². The molecule has 2 heterocycles. The maximum atomic E-state index is 13.7. The lowest BCUT2D eigenvalue weighted by atomic mass is 9.91. The van der Waals surface area contributed by atoms with Gasteiger partial charge in [-0.15, -0.1) is 0 Å². The molecule has 1 fully saturated rings. The molecule has 1 aliphatic rings. The number of halogens is 1. The van der Waals surface area contributed by atoms with Gasteiger partial charge in [0.1, 0.15) is 5.54 Å². The van der Waals surface area contributed by atoms with E-state index < -0.39 is 32.4 Å². The van der Waals surface area contributed by atoms with Crippen LogP contribution >= 0.6 is 0 Å². The van der Waals surface area contributed by atoms with Crippen LogP contribution in [-0.4, -0.2) is 40.9 Å². The molecule has 8 heteroatoms. The van der Waals surface area contributed by atoms with Crippen molar-refractivity contribution in [2.24, 2.45) is 0 Å². The van der Waals surface area contributed by atoms with Crippen LogP contribution in [0.3, 0.4) is 0 Å². The molecule has 0 saturated carbocycles. The Labute approximate surface area is 116 Å². The molecule has 0 bridgehead atoms. The van der Waals surface area contributed by atoms with Gasteiger partial charge >= 0.3 is 5.97 Å². The molecule has 0 spiro atoms. The van der Waals surface area contributed by atoms with Crippen molar-refractivity contribution in [2.45, 2.75) is 36.8 Å². The molecule has 1 atom stereocenters. The van der Waals surface area contributed by atoms with Crippen molar-refractivity contribution >= 4 is 16.0 Å². The maximum Gasteiger partial charge on any atom is 0.324 e. The molecule has 1 unspecified atom stereocenters. The molecule has 1 aromatic heterocycles. The summed E-state index contributed by atoms with van der Waals surface area (Å²) in [4.78, 5) is 15.0. The number of pyridine rings is 1. The Morgan fingerprint density at radius 1 is 1.50 bits per heavy atom. The number of hydrogen-bond donors (Lipinski definition) is 1. The van der Waals surface area contributed by atoms with E-state index in [1.54, 1.807) is 0 Å². The van der Waals surface area contributed by atoms with Gasteiger partial charge in [-0.2, -0.15) is 4.31 Å². The highest BCUT2D eigenvalue weighted by molar-refractivity contribution is 7.89. The number of sulfonamides is 1. The smallest absolute Gasteiger partial charge is 0.324 e. The maximum absolute atomic E-state index is 13.7. The molecule has 20 heavy (non-hydrogen) atoms. The Balaban J connectivity index is 2.53. The van der Waals surface area contributed by atoms with Crippen LogP contribution in [0.1, 0.15) is 26.2 Å². The number of carbonyl (C=O) groups is 1. The Hall–Kier alpha value is -1.54. The summed E-state index contributed by atoms with van der Waals surface area (Å²) in [5.41, 5.74) is -1.57. The minimum Gasteiger partial charge on any atom is -0.480 e. The van der Waals surface area contributed by atoms with E-state index in [0.29, 0.717) is 12.8 Å². The summed E-state index contributed by atoms with van der Waals surface area (Å²) in [6, 6.07) is 2.27. The molecule has 1 aliphatic heterocycles. The van der Waals surface area contributed by atoms with E-state index in [4.69, 9.17) is 0 Å². The molecule has 2 rings (SSSR count). The lowest BCUT2D eigenvalue weighted by Gasteiger charge is -2.39. The molecule has 1 saturated heterocycles. The van der Waals surface area contributed by atoms with Crippen molar-refractivity contribution in [1.29, 1.82) is 0 Å². The second-order valence-electron chi connectivity index (χ2n) is 4.90. The molecular weight excluding hydrogens is 287 g/mol. The molecule has 0 aromatic carbocycles. The number of hydrogen-bond acceptors (Lipinski definition) is 4. The molecule has 0 amide bonds. The third-order valence-corrected chi connectivity index (χ3v) is 5.50. The number of carboxylic acid groups (broad SMARTS) is 1. The predicted molar refractivity (Wildman–Crippen MR) is 68.0 cm³/mol. The standard InChI is InChI=1S/C12H15FN2O4S/c1-12(11(16)17)6-2-3-8-15(12)20(18,19)10-9(13)5-4-7-14-10/h4-5,7H,2-3,6,8H2,1H3,(H,16,17). The third kappa shape index (κ3) is 2.29. The quantitative estimate of drug-likeness (QED) is 0.907. The van der Waals surface area contributed by atoms with Crippen molar-refractivity contribution in [2.75, 3.05) is 6.54 Å². The zero-order valence-electron chi connectivity index (χ0n) is 10.9. The molecule has 1 N–H and O–H groups in total. The minimum atomic E-state index is -4.28. The summed E-state index contributed by atoms with van der Waals surface area (Å²) in [5, 5.41) is 8.60. The monoisotopic (exact) mass is 302 g/mol. The number of aliphatic carboxylic acids is 1. The summed E-state index contributed by atoms with van der Waals surface area (Å²) in [6.45, 7) is 1.38. The zero-order valence-corrected chi connectivity index (χ0v) is 11.7. The highest BCUT2D eigenvalue weighted by Crippen LogP contribution is 2.33. The molecule has 0 radical (unpaired) electrons. The van der Waals surface area contributed by atoms with E-state index in [0.717, 1.165) is 16.6 Å². The number of rotatable bonds is 3. The molecule has 0 aliphatic carbocycles. The second-order valence-corrected chi connectivity index (χ2v) is 6.68. The highest BCUT2D eigenvalue weighted by Gasteiger charge is 2.48. The van der Waals surface area contributed by atoms with E-state index in [1.165, 1.54) is 13.0 Å². The minimum absolute atomic E-state index is 0.0428. The molecule has 1 aromatic rings. The Morgan fingerprint density at radius 3 is 2.80 bits per heavy atom. The van der Waals surface area contributed by atoms with Crippen LogP contribution < -0.4 is 0 Å². The van der Waals surface area contributed by atoms with Crippen molar-refractivity contribution in [3.63, 3.8) is 0 Å². The highest BCUT2D eigenvalue weighted by atomic mass is 32.2. The molecule has 110 valence electrons. The van der Waals surface area contributed by atoms with E-state index in [2.05, 4.69) is 4.98 Å². The first-order valence-electron chi connectivity index (χ1n) is 6.17. The van der Waals surface area contributed by atoms with Crippen LogP contribution in [0.25, 0.3) is 0 Å². The van der Waals surface area contributed by atoms with Gasteiger partial charge in [0.2, 0.25) is 5.03 Å². The summed E-state index contributed by atoms with van der Waals surface area (Å²) < 4.78 is 39.5. The van der Waals surface area contributed by atoms with Crippen LogP contribution in [0.15, 0.2) is 23.4 Å². The average Bonchev–Trinajstić information content (AvgIpc) is 2.39. The van der Waals surface area contributed by atoms with Gasteiger partial charge in [-0.05, 0) is 38.3 Å². The summed E-state index contributed by atoms with van der Waals surface area (Å²) in [5.74, 6) is -2.22. The van der Waals surface area contributed by atoms with E-state index >= 15 is 0 Å². The third-order valence-electron chi connectivity index (χ3n) is 3.55. The first-order valence-corrected chi connectivity index (χ1v) is 7.61. The van der Waals surface area contributed by atoms with Crippen molar-refractivity contribution < 1.29 is 22.7 Å². The van der Waals surface area contributed by atoms with Crippen LogP contribution in [0.2, 0.25) is 0 Å². The average molecular weight is 302 g/mol. The van der Waals surface area contributed by atoms with Crippen molar-refractivity contribution in [3.05, 3.63) is 24.1 Å². The Morgan fingerprint density at radius 2 is 2.20 bits per heavy atom. The SMILES string of the molecule is CC1(C(=O)O)CCCCN1S(=O)(=O)c1ncccc1F. The van der Waals surface area contributed by atoms with Crippen LogP contribution in [-0.2, 0) is 14.8 Å². The first kappa shape index (κ1) is 14.9. The predicted octanol–water partition coefficient (Wildman–Crippen LogP) is 1.24. The first-order chi connectivity index (χ1) is 9.30. The largest absolute Gasteiger partial charge is 0.480 e. The Kier molecular flexibility index (Phi) is 3.79. The number of carboxylic acids is 1. The fourth-order valence-corrected chi connectivity index (χ4v) is 4.15. The van der Waals surface area contributed by atoms with Crippen molar-refractivity contribution in [1.82, 2.24) is 9.29 Å². The Bertz CT molecular complexity index is 634. The number of aromatic nitrogens is 1. The molecule has 6 nitrogen and oxygen atoms in total. The van der Waals surface area contributed by atoms with Gasteiger partial charge in [-0.1, -0.05) is 0 Å². The van der Waals surface area contributed by atoms with Crippen LogP contribution in [0, 0.1) is 5.82 Å². The topological polar surface area (TPSA) is 87.6 Å². The van der Waals surface area contributed by atoms with E-state index in [9.17, 15) is 22.7 Å². The van der Waals surface area contributed by atoms with Crippen LogP contribution in [0.4, 0.5) is 4.39 Å². The lowest BCUT2D eigenvalue weighted by molar-refractivity contribution is -0.149. The summed E-state index contributed by atoms with van der Waals surface area (Å²) >= 11 is 0. The number of piperidine rings is 1. The molecular formula is C12H15FN2O4S. The van der Waals surface area contributed by atoms with Gasteiger partial charge < -0.3 is 5.11 Å². The van der Waals surface area contributed by atoms with E-state index in [-0.39, 0.29) is 13.0 Å². The van der Waals surface area contributed by atoms with Crippen LogP contribution in [0.5, 0.6) is 0 Å². The van der Waals surface area contributed by atoms with Gasteiger partial charge in [-0.25, -0.2) is 17.8 Å². The lowest BCUT2D eigenvalue weighted by Crippen LogP contribution is -2.57. The fourth-order valence-electron chi connectivity index (χ4n) is 2.36.